The molecule has 0 fully saturated rings. The van der Waals surface area contributed by atoms with Gasteiger partial charge in [-0.3, -0.25) is 4.79 Å². The van der Waals surface area contributed by atoms with Gasteiger partial charge in [0.25, 0.3) is 0 Å². The molecule has 6 heteroatoms. The van der Waals surface area contributed by atoms with E-state index >= 15 is 0 Å². The van der Waals surface area contributed by atoms with Gasteiger partial charge in [0.1, 0.15) is 11.6 Å². The molecule has 0 aliphatic rings. The SMILES string of the molecule is CCOc1ccccc1Nc1cc(C)nc(Nc2ccc(C(C)=O)cc2)n1. The van der Waals surface area contributed by atoms with E-state index in [1.165, 1.54) is 0 Å². The summed E-state index contributed by atoms with van der Waals surface area (Å²) >= 11 is 0. The maximum Gasteiger partial charge on any atom is 0.229 e. The highest BCUT2D eigenvalue weighted by molar-refractivity contribution is 5.94. The normalized spacial score (nSPS) is 10.3. The van der Waals surface area contributed by atoms with Crippen LogP contribution in [-0.2, 0) is 0 Å². The molecule has 2 aromatic carbocycles. The number of carbonyl (C=O) groups excluding carboxylic acids is 1. The minimum Gasteiger partial charge on any atom is -0.492 e. The molecule has 138 valence electrons. The monoisotopic (exact) mass is 362 g/mol. The van der Waals surface area contributed by atoms with Gasteiger partial charge in [0, 0.05) is 23.0 Å². The molecular weight excluding hydrogens is 340 g/mol. The number of rotatable bonds is 7. The van der Waals surface area contributed by atoms with Crippen LogP contribution in [0.5, 0.6) is 5.75 Å². The molecule has 0 aliphatic carbocycles. The molecular formula is C21H22N4O2. The van der Waals surface area contributed by atoms with E-state index in [4.69, 9.17) is 4.74 Å². The van der Waals surface area contributed by atoms with Gasteiger partial charge in [0.2, 0.25) is 5.95 Å². The maximum atomic E-state index is 11.4. The quantitative estimate of drug-likeness (QED) is 0.584. The summed E-state index contributed by atoms with van der Waals surface area (Å²) in [6.07, 6.45) is 0. The second kappa shape index (κ2) is 8.31. The molecule has 1 aromatic heterocycles. The molecule has 0 aliphatic heterocycles. The number of hydrogen-bond donors (Lipinski definition) is 2. The number of ketones is 1. The molecule has 0 spiro atoms. The van der Waals surface area contributed by atoms with Crippen LogP contribution in [0.2, 0.25) is 0 Å². The summed E-state index contributed by atoms with van der Waals surface area (Å²) in [6, 6.07) is 16.8. The van der Waals surface area contributed by atoms with Gasteiger partial charge in [0.15, 0.2) is 5.78 Å². The highest BCUT2D eigenvalue weighted by atomic mass is 16.5. The molecule has 0 saturated heterocycles. The van der Waals surface area contributed by atoms with E-state index in [-0.39, 0.29) is 5.78 Å². The number of ether oxygens (including phenoxy) is 1. The van der Waals surface area contributed by atoms with E-state index in [1.54, 1.807) is 19.1 Å². The van der Waals surface area contributed by atoms with Crippen molar-refractivity contribution in [2.45, 2.75) is 20.8 Å². The number of aromatic nitrogens is 2. The number of para-hydroxylation sites is 2. The Hall–Kier alpha value is -3.41. The van der Waals surface area contributed by atoms with Crippen molar-refractivity contribution in [1.82, 2.24) is 9.97 Å². The smallest absolute Gasteiger partial charge is 0.229 e. The van der Waals surface area contributed by atoms with Crippen LogP contribution in [0.1, 0.15) is 29.9 Å². The molecule has 0 saturated carbocycles. The van der Waals surface area contributed by atoms with Crippen LogP contribution in [0, 0.1) is 6.92 Å². The number of anilines is 4. The standard InChI is InChI=1S/C21H22N4O2/c1-4-27-19-8-6-5-7-18(19)24-20-13-14(2)22-21(25-20)23-17-11-9-16(10-12-17)15(3)26/h5-13H,4H2,1-3H3,(H2,22,23,24,25). The fourth-order valence-corrected chi connectivity index (χ4v) is 2.60. The van der Waals surface area contributed by atoms with Crippen LogP contribution in [0.25, 0.3) is 0 Å². The van der Waals surface area contributed by atoms with Gasteiger partial charge in [-0.05, 0) is 57.2 Å². The third-order valence-corrected chi connectivity index (χ3v) is 3.85. The van der Waals surface area contributed by atoms with E-state index in [9.17, 15) is 4.79 Å². The lowest BCUT2D eigenvalue weighted by Gasteiger charge is -2.13. The van der Waals surface area contributed by atoms with Crippen molar-refractivity contribution in [1.29, 1.82) is 0 Å². The molecule has 0 bridgehead atoms. The first-order valence-electron chi connectivity index (χ1n) is 8.77. The third kappa shape index (κ3) is 4.82. The summed E-state index contributed by atoms with van der Waals surface area (Å²) in [5.41, 5.74) is 3.14. The fraction of sp³-hybridized carbons (Fsp3) is 0.190. The Morgan fingerprint density at radius 3 is 2.48 bits per heavy atom. The predicted molar refractivity (Wildman–Crippen MR) is 107 cm³/mol. The van der Waals surface area contributed by atoms with Gasteiger partial charge in [-0.25, -0.2) is 4.98 Å². The van der Waals surface area contributed by atoms with Gasteiger partial charge >= 0.3 is 0 Å². The van der Waals surface area contributed by atoms with Crippen LogP contribution >= 0.6 is 0 Å². The fourth-order valence-electron chi connectivity index (χ4n) is 2.60. The van der Waals surface area contributed by atoms with E-state index in [0.717, 1.165) is 22.8 Å². The molecule has 0 atom stereocenters. The molecule has 0 radical (unpaired) electrons. The highest BCUT2D eigenvalue weighted by Crippen LogP contribution is 2.27. The van der Waals surface area contributed by atoms with E-state index in [0.29, 0.717) is 23.9 Å². The van der Waals surface area contributed by atoms with Crippen LogP contribution in [0.3, 0.4) is 0 Å². The number of Topliss-reactive ketones (excluding diaryl/α,β-unsaturated/α-hetero) is 1. The first-order valence-corrected chi connectivity index (χ1v) is 8.77. The lowest BCUT2D eigenvalue weighted by Crippen LogP contribution is -2.04. The highest BCUT2D eigenvalue weighted by Gasteiger charge is 2.07. The van der Waals surface area contributed by atoms with Gasteiger partial charge in [-0.2, -0.15) is 4.98 Å². The third-order valence-electron chi connectivity index (χ3n) is 3.85. The van der Waals surface area contributed by atoms with Gasteiger partial charge < -0.3 is 15.4 Å². The zero-order chi connectivity index (χ0) is 19.2. The van der Waals surface area contributed by atoms with Gasteiger partial charge in [-0.15, -0.1) is 0 Å². The van der Waals surface area contributed by atoms with Crippen LogP contribution in [0.15, 0.2) is 54.6 Å². The lowest BCUT2D eigenvalue weighted by molar-refractivity contribution is 0.101. The van der Waals surface area contributed by atoms with Crippen molar-refractivity contribution < 1.29 is 9.53 Å². The Morgan fingerprint density at radius 1 is 1.04 bits per heavy atom. The number of benzene rings is 2. The zero-order valence-electron chi connectivity index (χ0n) is 15.6. The second-order valence-corrected chi connectivity index (χ2v) is 6.03. The number of carbonyl (C=O) groups is 1. The first kappa shape index (κ1) is 18.4. The number of hydrogen-bond acceptors (Lipinski definition) is 6. The molecule has 0 amide bonds. The Balaban J connectivity index is 1.81. The van der Waals surface area contributed by atoms with Crippen molar-refractivity contribution >= 4 is 28.9 Å². The largest absolute Gasteiger partial charge is 0.492 e. The van der Waals surface area contributed by atoms with Crippen LogP contribution < -0.4 is 15.4 Å². The lowest BCUT2D eigenvalue weighted by atomic mass is 10.1. The Bertz CT molecular complexity index is 939. The minimum absolute atomic E-state index is 0.0350. The summed E-state index contributed by atoms with van der Waals surface area (Å²) < 4.78 is 5.65. The van der Waals surface area contributed by atoms with Crippen molar-refractivity contribution in [2.75, 3.05) is 17.2 Å². The van der Waals surface area contributed by atoms with Crippen LogP contribution in [-0.4, -0.2) is 22.4 Å². The number of nitrogens with one attached hydrogen (secondary N) is 2. The van der Waals surface area contributed by atoms with E-state index in [2.05, 4.69) is 20.6 Å². The Morgan fingerprint density at radius 2 is 1.78 bits per heavy atom. The number of aryl methyl sites for hydroxylation is 1. The van der Waals surface area contributed by atoms with Gasteiger partial charge in [0.05, 0.1) is 12.3 Å². The number of nitrogens with zero attached hydrogens (tertiary/aromatic N) is 2. The van der Waals surface area contributed by atoms with Crippen molar-refractivity contribution in [3.8, 4) is 5.75 Å². The van der Waals surface area contributed by atoms with E-state index in [1.807, 2.05) is 56.3 Å². The summed E-state index contributed by atoms with van der Waals surface area (Å²) in [4.78, 5) is 20.3. The Kier molecular flexibility index (Phi) is 5.66. The average molecular weight is 362 g/mol. The van der Waals surface area contributed by atoms with E-state index < -0.39 is 0 Å². The molecule has 2 N–H and O–H groups in total. The maximum absolute atomic E-state index is 11.4. The van der Waals surface area contributed by atoms with Crippen molar-refractivity contribution in [3.63, 3.8) is 0 Å². The molecule has 1 heterocycles. The Labute approximate surface area is 158 Å². The molecule has 6 nitrogen and oxygen atoms in total. The molecule has 27 heavy (non-hydrogen) atoms. The molecule has 0 unspecified atom stereocenters. The summed E-state index contributed by atoms with van der Waals surface area (Å²) in [6.45, 7) is 5.99. The topological polar surface area (TPSA) is 76.1 Å². The summed E-state index contributed by atoms with van der Waals surface area (Å²) in [5.74, 6) is 1.94. The second-order valence-electron chi connectivity index (χ2n) is 6.03. The zero-order valence-corrected chi connectivity index (χ0v) is 15.6. The minimum atomic E-state index is 0.0350. The summed E-state index contributed by atoms with van der Waals surface area (Å²) in [5, 5.41) is 6.46. The molecule has 3 rings (SSSR count). The molecule has 3 aromatic rings. The summed E-state index contributed by atoms with van der Waals surface area (Å²) in [7, 11) is 0. The predicted octanol–water partition coefficient (Wildman–Crippen LogP) is 4.87. The van der Waals surface area contributed by atoms with Crippen molar-refractivity contribution in [3.05, 3.63) is 65.9 Å². The van der Waals surface area contributed by atoms with Gasteiger partial charge in [-0.1, -0.05) is 12.1 Å². The average Bonchev–Trinajstić information content (AvgIpc) is 2.63. The van der Waals surface area contributed by atoms with Crippen molar-refractivity contribution in [2.24, 2.45) is 0 Å². The van der Waals surface area contributed by atoms with Crippen LogP contribution in [0.4, 0.5) is 23.1 Å². The first-order chi connectivity index (χ1) is 13.0.